The van der Waals surface area contributed by atoms with Crippen LogP contribution in [-0.4, -0.2) is 30.8 Å². The second-order valence-corrected chi connectivity index (χ2v) is 6.47. The molecule has 5 nitrogen and oxygen atoms in total. The highest BCUT2D eigenvalue weighted by atomic mass is 79.9. The van der Waals surface area contributed by atoms with Crippen LogP contribution in [0.4, 0.5) is 4.79 Å². The van der Waals surface area contributed by atoms with Crippen molar-refractivity contribution in [1.29, 1.82) is 0 Å². The lowest BCUT2D eigenvalue weighted by molar-refractivity contribution is -0.143. The van der Waals surface area contributed by atoms with E-state index in [9.17, 15) is 9.59 Å². The number of halogens is 1. The molecule has 0 heterocycles. The van der Waals surface area contributed by atoms with Crippen LogP contribution in [-0.2, 0) is 20.7 Å². The first-order chi connectivity index (χ1) is 10.7. The Morgan fingerprint density at radius 3 is 2.13 bits per heavy atom. The molecule has 1 N–H and O–H groups in total. The number of rotatable bonds is 4. The van der Waals surface area contributed by atoms with Crippen LogP contribution in [0.3, 0.4) is 0 Å². The molecule has 1 atom stereocenters. The van der Waals surface area contributed by atoms with Gasteiger partial charge in [0.1, 0.15) is 11.6 Å². The number of nitrogens with one attached hydrogen (secondary N) is 1. The summed E-state index contributed by atoms with van der Waals surface area (Å²) in [6, 6.07) is 6.70. The van der Waals surface area contributed by atoms with Gasteiger partial charge in [-0.05, 0) is 38.5 Å². The van der Waals surface area contributed by atoms with E-state index >= 15 is 0 Å². The first-order valence-corrected chi connectivity index (χ1v) is 8.32. The summed E-state index contributed by atoms with van der Waals surface area (Å²) in [5.41, 5.74) is 0.284. The van der Waals surface area contributed by atoms with E-state index in [1.807, 2.05) is 38.1 Å². The zero-order chi connectivity index (χ0) is 18.0. The maximum Gasteiger partial charge on any atom is 0.408 e. The third-order valence-electron chi connectivity index (χ3n) is 2.53. The summed E-state index contributed by atoms with van der Waals surface area (Å²) >= 11 is 3.35. The predicted molar refractivity (Wildman–Crippen MR) is 94.4 cm³/mol. The van der Waals surface area contributed by atoms with Gasteiger partial charge >= 0.3 is 12.1 Å². The van der Waals surface area contributed by atoms with Crippen molar-refractivity contribution >= 4 is 28.0 Å². The Morgan fingerprint density at radius 1 is 1.17 bits per heavy atom. The largest absolute Gasteiger partial charge is 0.467 e. The third kappa shape index (κ3) is 9.23. The van der Waals surface area contributed by atoms with Crippen molar-refractivity contribution in [3.05, 3.63) is 34.3 Å². The number of methoxy groups -OCH3 is 1. The Bertz CT molecular complexity index is 494. The van der Waals surface area contributed by atoms with E-state index in [2.05, 4.69) is 21.2 Å². The van der Waals surface area contributed by atoms with Crippen LogP contribution in [0.15, 0.2) is 28.7 Å². The summed E-state index contributed by atoms with van der Waals surface area (Å²) in [7, 11) is 1.29. The molecule has 0 saturated heterocycles. The van der Waals surface area contributed by atoms with E-state index in [4.69, 9.17) is 9.47 Å². The number of carbonyl (C=O) groups excluding carboxylic acids is 2. The quantitative estimate of drug-likeness (QED) is 0.790. The lowest BCUT2D eigenvalue weighted by atomic mass is 10.1. The molecule has 0 radical (unpaired) electrons. The normalized spacial score (nSPS) is 11.6. The maximum absolute atomic E-state index is 11.8. The fourth-order valence-electron chi connectivity index (χ4n) is 1.64. The van der Waals surface area contributed by atoms with Gasteiger partial charge < -0.3 is 14.8 Å². The SMILES string of the molecule is CC.COC(=O)C(Cc1ccc(Br)cc1)NC(=O)OC(C)(C)C. The molecule has 0 aliphatic heterocycles. The Morgan fingerprint density at radius 2 is 1.70 bits per heavy atom. The molecule has 0 aliphatic carbocycles. The third-order valence-corrected chi connectivity index (χ3v) is 3.06. The topological polar surface area (TPSA) is 64.6 Å². The Balaban J connectivity index is 0.00000232. The van der Waals surface area contributed by atoms with Crippen molar-refractivity contribution in [2.24, 2.45) is 0 Å². The number of amides is 1. The molecular weight excluding hydrogens is 362 g/mol. The monoisotopic (exact) mass is 387 g/mol. The molecule has 130 valence electrons. The molecule has 1 aromatic carbocycles. The van der Waals surface area contributed by atoms with Gasteiger partial charge in [-0.3, -0.25) is 0 Å². The number of esters is 1. The van der Waals surface area contributed by atoms with Crippen molar-refractivity contribution in [3.8, 4) is 0 Å². The first-order valence-electron chi connectivity index (χ1n) is 7.53. The first kappa shape index (κ1) is 21.4. The van der Waals surface area contributed by atoms with Crippen LogP contribution in [0.2, 0.25) is 0 Å². The average molecular weight is 388 g/mol. The minimum atomic E-state index is -0.786. The summed E-state index contributed by atoms with van der Waals surface area (Å²) in [5, 5.41) is 2.54. The van der Waals surface area contributed by atoms with E-state index in [-0.39, 0.29) is 0 Å². The smallest absolute Gasteiger partial charge is 0.408 e. The summed E-state index contributed by atoms with van der Waals surface area (Å²) in [6.45, 7) is 9.28. The van der Waals surface area contributed by atoms with Crippen LogP contribution in [0.25, 0.3) is 0 Å². The lowest BCUT2D eigenvalue weighted by Gasteiger charge is -2.22. The van der Waals surface area contributed by atoms with Gasteiger partial charge in [-0.15, -0.1) is 0 Å². The number of alkyl carbamates (subject to hydrolysis) is 1. The Kier molecular flexibility index (Phi) is 9.56. The van der Waals surface area contributed by atoms with E-state index < -0.39 is 23.7 Å². The van der Waals surface area contributed by atoms with Crippen LogP contribution >= 0.6 is 15.9 Å². The highest BCUT2D eigenvalue weighted by molar-refractivity contribution is 9.10. The van der Waals surface area contributed by atoms with E-state index in [0.29, 0.717) is 6.42 Å². The Hall–Kier alpha value is -1.56. The fraction of sp³-hybridized carbons (Fsp3) is 0.529. The molecule has 6 heteroatoms. The van der Waals surface area contributed by atoms with Gasteiger partial charge in [-0.1, -0.05) is 41.9 Å². The van der Waals surface area contributed by atoms with Crippen LogP contribution in [0.5, 0.6) is 0 Å². The minimum absolute atomic E-state index is 0.333. The van der Waals surface area contributed by atoms with Gasteiger partial charge in [0.2, 0.25) is 0 Å². The van der Waals surface area contributed by atoms with Crippen LogP contribution in [0.1, 0.15) is 40.2 Å². The summed E-state index contributed by atoms with van der Waals surface area (Å²) in [4.78, 5) is 23.6. The van der Waals surface area contributed by atoms with Crippen molar-refractivity contribution < 1.29 is 19.1 Å². The highest BCUT2D eigenvalue weighted by Gasteiger charge is 2.25. The number of hydrogen-bond donors (Lipinski definition) is 1. The lowest BCUT2D eigenvalue weighted by Crippen LogP contribution is -2.45. The van der Waals surface area contributed by atoms with Crippen molar-refractivity contribution in [3.63, 3.8) is 0 Å². The molecule has 1 rings (SSSR count). The molecular formula is C17H26BrNO4. The molecule has 1 amide bonds. The molecule has 1 unspecified atom stereocenters. The summed E-state index contributed by atoms with van der Waals surface area (Å²) < 4.78 is 10.8. The van der Waals surface area contributed by atoms with Crippen LogP contribution < -0.4 is 5.32 Å². The van der Waals surface area contributed by atoms with Gasteiger partial charge in [0.05, 0.1) is 7.11 Å². The van der Waals surface area contributed by atoms with Gasteiger partial charge in [-0.25, -0.2) is 9.59 Å². The van der Waals surface area contributed by atoms with Crippen molar-refractivity contribution in [2.75, 3.05) is 7.11 Å². The second-order valence-electron chi connectivity index (χ2n) is 5.55. The van der Waals surface area contributed by atoms with E-state index in [0.717, 1.165) is 10.0 Å². The van der Waals surface area contributed by atoms with Gasteiger partial charge in [0, 0.05) is 10.9 Å². The fourth-order valence-corrected chi connectivity index (χ4v) is 1.91. The minimum Gasteiger partial charge on any atom is -0.467 e. The van der Waals surface area contributed by atoms with Crippen molar-refractivity contribution in [2.45, 2.75) is 52.7 Å². The van der Waals surface area contributed by atoms with Crippen molar-refractivity contribution in [1.82, 2.24) is 5.32 Å². The Labute approximate surface area is 146 Å². The molecule has 1 aromatic rings. The molecule has 23 heavy (non-hydrogen) atoms. The summed E-state index contributed by atoms with van der Waals surface area (Å²) in [6.07, 6.45) is -0.311. The molecule has 0 fully saturated rings. The molecule has 0 bridgehead atoms. The number of carbonyl (C=O) groups is 2. The molecule has 0 aromatic heterocycles. The highest BCUT2D eigenvalue weighted by Crippen LogP contribution is 2.13. The van der Waals surface area contributed by atoms with Gasteiger partial charge in [-0.2, -0.15) is 0 Å². The van der Waals surface area contributed by atoms with Crippen LogP contribution in [0, 0.1) is 0 Å². The predicted octanol–water partition coefficient (Wildman–Crippen LogP) is 4.08. The van der Waals surface area contributed by atoms with Gasteiger partial charge in [0.15, 0.2) is 0 Å². The zero-order valence-electron chi connectivity index (χ0n) is 14.6. The second kappa shape index (κ2) is 10.3. The number of hydrogen-bond acceptors (Lipinski definition) is 4. The van der Waals surface area contributed by atoms with E-state index in [1.54, 1.807) is 20.8 Å². The van der Waals surface area contributed by atoms with Gasteiger partial charge in [0.25, 0.3) is 0 Å². The molecule has 0 saturated carbocycles. The number of benzene rings is 1. The average Bonchev–Trinajstić information content (AvgIpc) is 2.48. The standard InChI is InChI=1S/C15H20BrNO4.C2H6/c1-15(2,3)21-14(19)17-12(13(18)20-4)9-10-5-7-11(16)8-6-10;1-2/h5-8,12H,9H2,1-4H3,(H,17,19);1-2H3. The molecule has 0 aliphatic rings. The zero-order valence-corrected chi connectivity index (χ0v) is 16.2. The number of ether oxygens (including phenoxy) is 2. The maximum atomic E-state index is 11.8. The molecule has 0 spiro atoms. The summed E-state index contributed by atoms with van der Waals surface area (Å²) in [5.74, 6) is -0.510. The van der Waals surface area contributed by atoms with E-state index in [1.165, 1.54) is 7.11 Å².